The average Bonchev–Trinajstić information content (AvgIpc) is 2.72. The topological polar surface area (TPSA) is 45.5 Å². The fraction of sp³-hybridized carbons (Fsp3) is 0.500. The molecule has 14 heavy (non-hydrogen) atoms. The molecule has 0 unspecified atom stereocenters. The second-order valence-electron chi connectivity index (χ2n) is 3.46. The van der Waals surface area contributed by atoms with Crippen LogP contribution in [-0.4, -0.2) is 43.4 Å². The molecule has 4 heteroatoms. The van der Waals surface area contributed by atoms with Gasteiger partial charge in [0.2, 0.25) is 0 Å². The van der Waals surface area contributed by atoms with Crippen LogP contribution in [0.2, 0.25) is 0 Å². The van der Waals surface area contributed by atoms with Crippen molar-refractivity contribution in [3.05, 3.63) is 24.2 Å². The van der Waals surface area contributed by atoms with Crippen molar-refractivity contribution >= 4 is 5.78 Å². The van der Waals surface area contributed by atoms with Crippen LogP contribution in [0.25, 0.3) is 0 Å². The summed E-state index contributed by atoms with van der Waals surface area (Å²) in [5.74, 6) is 0.139. The van der Waals surface area contributed by atoms with E-state index in [1.165, 1.54) is 12.5 Å². The maximum absolute atomic E-state index is 11.7. The van der Waals surface area contributed by atoms with Crippen molar-refractivity contribution in [2.45, 2.75) is 0 Å². The van der Waals surface area contributed by atoms with Gasteiger partial charge in [-0.2, -0.15) is 0 Å². The molecule has 1 saturated heterocycles. The molecular formula is C10H14N2O2. The lowest BCUT2D eigenvalue weighted by Gasteiger charge is -2.26. The first-order valence-electron chi connectivity index (χ1n) is 4.85. The predicted molar refractivity (Wildman–Crippen MR) is 52.3 cm³/mol. The molecule has 0 spiro atoms. The van der Waals surface area contributed by atoms with Gasteiger partial charge in [0, 0.05) is 26.2 Å². The van der Waals surface area contributed by atoms with Crippen LogP contribution in [0, 0.1) is 0 Å². The standard InChI is InChI=1S/C10H14N2O2/c13-10(9-1-6-14-8-9)7-12-4-2-11-3-5-12/h1,6,8,11H,2-5,7H2. The van der Waals surface area contributed by atoms with Crippen LogP contribution in [0.5, 0.6) is 0 Å². The van der Waals surface area contributed by atoms with Crippen molar-refractivity contribution in [1.82, 2.24) is 10.2 Å². The van der Waals surface area contributed by atoms with E-state index in [9.17, 15) is 4.79 Å². The van der Waals surface area contributed by atoms with Gasteiger partial charge in [0.05, 0.1) is 18.4 Å². The lowest BCUT2D eigenvalue weighted by Crippen LogP contribution is -2.45. The number of hydrogen-bond acceptors (Lipinski definition) is 4. The summed E-state index contributed by atoms with van der Waals surface area (Å²) in [6, 6.07) is 1.71. The number of nitrogens with zero attached hydrogens (tertiary/aromatic N) is 1. The fourth-order valence-electron chi connectivity index (χ4n) is 1.59. The highest BCUT2D eigenvalue weighted by molar-refractivity contribution is 5.97. The maximum Gasteiger partial charge on any atom is 0.180 e. The SMILES string of the molecule is O=C(CN1CCNCC1)c1ccoc1. The van der Waals surface area contributed by atoms with E-state index >= 15 is 0 Å². The van der Waals surface area contributed by atoms with Crippen LogP contribution in [-0.2, 0) is 0 Å². The van der Waals surface area contributed by atoms with Crippen molar-refractivity contribution in [3.8, 4) is 0 Å². The smallest absolute Gasteiger partial charge is 0.180 e. The molecular weight excluding hydrogens is 180 g/mol. The minimum atomic E-state index is 0.139. The molecule has 0 aromatic carbocycles. The zero-order chi connectivity index (χ0) is 9.80. The minimum Gasteiger partial charge on any atom is -0.472 e. The first kappa shape index (κ1) is 9.43. The molecule has 0 amide bonds. The molecule has 0 bridgehead atoms. The van der Waals surface area contributed by atoms with Gasteiger partial charge in [0.25, 0.3) is 0 Å². The molecule has 1 N–H and O–H groups in total. The first-order chi connectivity index (χ1) is 6.86. The van der Waals surface area contributed by atoms with E-state index in [4.69, 9.17) is 4.42 Å². The van der Waals surface area contributed by atoms with Crippen LogP contribution >= 0.6 is 0 Å². The third kappa shape index (κ3) is 2.21. The maximum atomic E-state index is 11.7. The van der Waals surface area contributed by atoms with Gasteiger partial charge in [0.15, 0.2) is 5.78 Å². The molecule has 1 aromatic heterocycles. The number of rotatable bonds is 3. The molecule has 0 radical (unpaired) electrons. The molecule has 0 aliphatic carbocycles. The molecule has 1 fully saturated rings. The minimum absolute atomic E-state index is 0.139. The van der Waals surface area contributed by atoms with Gasteiger partial charge in [-0.05, 0) is 6.07 Å². The van der Waals surface area contributed by atoms with E-state index in [2.05, 4.69) is 10.2 Å². The molecule has 76 valence electrons. The Morgan fingerprint density at radius 3 is 2.93 bits per heavy atom. The average molecular weight is 194 g/mol. The molecule has 1 aromatic rings. The van der Waals surface area contributed by atoms with Crippen LogP contribution in [0.1, 0.15) is 10.4 Å². The molecule has 4 nitrogen and oxygen atoms in total. The van der Waals surface area contributed by atoms with E-state index in [-0.39, 0.29) is 5.78 Å². The molecule has 1 aliphatic rings. The Hall–Kier alpha value is -1.13. The Bertz CT molecular complexity index is 289. The van der Waals surface area contributed by atoms with Crippen molar-refractivity contribution in [2.24, 2.45) is 0 Å². The Morgan fingerprint density at radius 2 is 2.29 bits per heavy atom. The first-order valence-corrected chi connectivity index (χ1v) is 4.85. The second kappa shape index (κ2) is 4.39. The van der Waals surface area contributed by atoms with Gasteiger partial charge < -0.3 is 9.73 Å². The third-order valence-corrected chi connectivity index (χ3v) is 2.42. The van der Waals surface area contributed by atoms with Crippen molar-refractivity contribution < 1.29 is 9.21 Å². The number of hydrogen-bond donors (Lipinski definition) is 1. The van der Waals surface area contributed by atoms with Crippen LogP contribution in [0.3, 0.4) is 0 Å². The Balaban J connectivity index is 1.87. The Morgan fingerprint density at radius 1 is 1.50 bits per heavy atom. The van der Waals surface area contributed by atoms with Crippen LogP contribution < -0.4 is 5.32 Å². The van der Waals surface area contributed by atoms with Gasteiger partial charge in [-0.15, -0.1) is 0 Å². The fourth-order valence-corrected chi connectivity index (χ4v) is 1.59. The van der Waals surface area contributed by atoms with Gasteiger partial charge in [0.1, 0.15) is 6.26 Å². The van der Waals surface area contributed by atoms with E-state index in [1.54, 1.807) is 6.07 Å². The number of ketones is 1. The number of carbonyl (C=O) groups is 1. The van der Waals surface area contributed by atoms with E-state index in [1.807, 2.05) is 0 Å². The predicted octanol–water partition coefficient (Wildman–Crippen LogP) is 0.367. The van der Waals surface area contributed by atoms with E-state index in [0.29, 0.717) is 12.1 Å². The largest absolute Gasteiger partial charge is 0.472 e. The van der Waals surface area contributed by atoms with Gasteiger partial charge in [-0.3, -0.25) is 9.69 Å². The summed E-state index contributed by atoms with van der Waals surface area (Å²) in [6.45, 7) is 4.34. The summed E-state index contributed by atoms with van der Waals surface area (Å²) in [5.41, 5.74) is 0.670. The quantitative estimate of drug-likeness (QED) is 0.706. The highest BCUT2D eigenvalue weighted by Crippen LogP contribution is 2.03. The molecule has 0 atom stereocenters. The summed E-state index contributed by atoms with van der Waals surface area (Å²) in [6.07, 6.45) is 3.04. The van der Waals surface area contributed by atoms with Crippen molar-refractivity contribution in [1.29, 1.82) is 0 Å². The third-order valence-electron chi connectivity index (χ3n) is 2.42. The summed E-state index contributed by atoms with van der Waals surface area (Å²) in [4.78, 5) is 13.8. The zero-order valence-electron chi connectivity index (χ0n) is 8.03. The molecule has 1 aliphatic heterocycles. The highest BCUT2D eigenvalue weighted by atomic mass is 16.3. The summed E-state index contributed by atoms with van der Waals surface area (Å²) < 4.78 is 4.87. The number of piperazine rings is 1. The van der Waals surface area contributed by atoms with E-state index < -0.39 is 0 Å². The monoisotopic (exact) mass is 194 g/mol. The number of carbonyl (C=O) groups excluding carboxylic acids is 1. The summed E-state index contributed by atoms with van der Waals surface area (Å²) >= 11 is 0. The summed E-state index contributed by atoms with van der Waals surface area (Å²) in [7, 11) is 0. The molecule has 0 saturated carbocycles. The van der Waals surface area contributed by atoms with E-state index in [0.717, 1.165) is 26.2 Å². The normalized spacial score (nSPS) is 18.3. The lowest BCUT2D eigenvalue weighted by molar-refractivity contribution is 0.0921. The number of nitrogens with one attached hydrogen (secondary N) is 1. The van der Waals surface area contributed by atoms with Crippen LogP contribution in [0.4, 0.5) is 0 Å². The van der Waals surface area contributed by atoms with Crippen molar-refractivity contribution in [2.75, 3.05) is 32.7 Å². The van der Waals surface area contributed by atoms with Gasteiger partial charge >= 0.3 is 0 Å². The van der Waals surface area contributed by atoms with Gasteiger partial charge in [-0.1, -0.05) is 0 Å². The molecule has 2 rings (SSSR count). The van der Waals surface area contributed by atoms with Crippen molar-refractivity contribution in [3.63, 3.8) is 0 Å². The number of Topliss-reactive ketones (excluding diaryl/α,β-unsaturated/α-hetero) is 1. The molecule has 2 heterocycles. The zero-order valence-corrected chi connectivity index (χ0v) is 8.03. The second-order valence-corrected chi connectivity index (χ2v) is 3.46. The van der Waals surface area contributed by atoms with Crippen LogP contribution in [0.15, 0.2) is 23.0 Å². The Labute approximate surface area is 82.9 Å². The highest BCUT2D eigenvalue weighted by Gasteiger charge is 2.15. The lowest BCUT2D eigenvalue weighted by atomic mass is 10.2. The Kier molecular flexibility index (Phi) is 2.96. The van der Waals surface area contributed by atoms with Gasteiger partial charge in [-0.25, -0.2) is 0 Å². The summed E-state index contributed by atoms with van der Waals surface area (Å²) in [5, 5.41) is 3.25. The number of furan rings is 1.